The molecule has 0 bridgehead atoms. The van der Waals surface area contributed by atoms with Crippen LogP contribution in [0.3, 0.4) is 0 Å². The monoisotopic (exact) mass is 579 g/mol. The Bertz CT molecular complexity index is 989. The molecule has 1 aromatic rings. The maximum Gasteiger partial charge on any atom is 0.408 e. The van der Waals surface area contributed by atoms with Crippen LogP contribution in [0.2, 0.25) is 0 Å². The summed E-state index contributed by atoms with van der Waals surface area (Å²) in [5.41, 5.74) is 0.761. The molecule has 4 N–H and O–H groups in total. The molecule has 0 saturated heterocycles. The number of ether oxygens (including phenoxy) is 2. The highest BCUT2D eigenvalue weighted by molar-refractivity contribution is 7.84. The molecule has 0 saturated carbocycles. The number of carbonyl (C=O) groups excluding carboxylic acids is 2. The fourth-order valence-electron chi connectivity index (χ4n) is 3.08. The Kier molecular flexibility index (Phi) is 18.3. The second kappa shape index (κ2) is 19.9. The summed E-state index contributed by atoms with van der Waals surface area (Å²) >= 11 is 0. The van der Waals surface area contributed by atoms with E-state index in [4.69, 9.17) is 9.47 Å². The number of nitrogens with one attached hydrogen (secondary N) is 3. The quantitative estimate of drug-likeness (QED) is 0.191. The number of alkyl carbamates (subject to hydrolysis) is 1. The van der Waals surface area contributed by atoms with Crippen molar-refractivity contribution in [1.29, 1.82) is 0 Å². The van der Waals surface area contributed by atoms with Crippen molar-refractivity contribution < 1.29 is 28.4 Å². The second-order valence-corrected chi connectivity index (χ2v) is 11.6. The van der Waals surface area contributed by atoms with Crippen molar-refractivity contribution in [2.45, 2.75) is 84.4 Å². The number of hydrogen-bond acceptors (Lipinski definition) is 7. The zero-order valence-corrected chi connectivity index (χ0v) is 26.1. The molecule has 0 radical (unpaired) electrons. The summed E-state index contributed by atoms with van der Waals surface area (Å²) in [5.74, 6) is -0.0528. The maximum atomic E-state index is 13.1. The van der Waals surface area contributed by atoms with E-state index in [2.05, 4.69) is 36.4 Å². The molecular formula is C30H49N3O6S. The summed E-state index contributed by atoms with van der Waals surface area (Å²) < 4.78 is 23.8. The summed E-state index contributed by atoms with van der Waals surface area (Å²) in [4.78, 5) is 25.5. The van der Waals surface area contributed by atoms with E-state index in [1.165, 1.54) is 12.5 Å². The van der Waals surface area contributed by atoms with Crippen LogP contribution in [0.4, 0.5) is 4.79 Å². The van der Waals surface area contributed by atoms with Crippen LogP contribution in [-0.4, -0.2) is 64.5 Å². The topological polar surface area (TPSA) is 126 Å². The first-order valence-corrected chi connectivity index (χ1v) is 15.0. The summed E-state index contributed by atoms with van der Waals surface area (Å²) in [6.07, 6.45) is 4.53. The molecule has 1 aromatic carbocycles. The van der Waals surface area contributed by atoms with Crippen LogP contribution in [0.1, 0.15) is 60.5 Å². The predicted molar refractivity (Wildman–Crippen MR) is 163 cm³/mol. The molecule has 9 nitrogen and oxygen atoms in total. The van der Waals surface area contributed by atoms with Crippen molar-refractivity contribution in [3.8, 4) is 0 Å². The lowest BCUT2D eigenvalue weighted by atomic mass is 10.2. The Morgan fingerprint density at radius 1 is 1.15 bits per heavy atom. The molecule has 2 amide bonds. The SMILES string of the molecule is C=C/C(OCC(O)C(C)NC(=O)C(CS(=O)Cc1ccccc1)NC(=O)OC(C)(C)C)=C(\C=C/C)NC.CCC. The third-order valence-electron chi connectivity index (χ3n) is 4.94. The third kappa shape index (κ3) is 16.1. The van der Waals surface area contributed by atoms with Gasteiger partial charge in [0.25, 0.3) is 0 Å². The van der Waals surface area contributed by atoms with Crippen LogP contribution >= 0.6 is 0 Å². The number of aliphatic hydroxyl groups is 1. The Labute approximate surface area is 242 Å². The molecule has 4 unspecified atom stereocenters. The van der Waals surface area contributed by atoms with Crippen molar-refractivity contribution in [2.24, 2.45) is 0 Å². The van der Waals surface area contributed by atoms with Gasteiger partial charge in [0.2, 0.25) is 5.91 Å². The number of aliphatic hydroxyl groups excluding tert-OH is 1. The molecule has 4 atom stereocenters. The molecule has 40 heavy (non-hydrogen) atoms. The van der Waals surface area contributed by atoms with Gasteiger partial charge in [-0.3, -0.25) is 9.00 Å². The minimum absolute atomic E-state index is 0.115. The third-order valence-corrected chi connectivity index (χ3v) is 6.30. The van der Waals surface area contributed by atoms with E-state index in [-0.39, 0.29) is 18.1 Å². The number of benzene rings is 1. The Balaban J connectivity index is 0.00000483. The Hall–Kier alpha value is -3.11. The maximum absolute atomic E-state index is 13.1. The van der Waals surface area contributed by atoms with Crippen LogP contribution in [0, 0.1) is 0 Å². The molecule has 0 aromatic heterocycles. The van der Waals surface area contributed by atoms with Crippen molar-refractivity contribution in [3.63, 3.8) is 0 Å². The number of carbonyl (C=O) groups is 2. The Morgan fingerprint density at radius 2 is 1.75 bits per heavy atom. The highest BCUT2D eigenvalue weighted by Crippen LogP contribution is 2.10. The highest BCUT2D eigenvalue weighted by Gasteiger charge is 2.28. The molecule has 0 fully saturated rings. The molecule has 10 heteroatoms. The standard InChI is InChI=1S/C27H41N3O6S.C3H8/c1-8-13-21(28-7)24(9-2)35-16-23(31)19(3)29-25(32)22(30-26(33)36-27(4,5)6)18-37(34)17-20-14-11-10-12-15-20;1-3-2/h8-15,19,22-23,28,31H,2,16-18H2,1,3-7H3,(H,29,32)(H,30,33);3H2,1-2H3/b13-8-,24-21-;. The Morgan fingerprint density at radius 3 is 2.25 bits per heavy atom. The molecule has 0 aliphatic carbocycles. The first-order valence-electron chi connectivity index (χ1n) is 13.5. The van der Waals surface area contributed by atoms with E-state index in [1.807, 2.05) is 43.3 Å². The smallest absolute Gasteiger partial charge is 0.408 e. The van der Waals surface area contributed by atoms with E-state index in [1.54, 1.807) is 40.8 Å². The van der Waals surface area contributed by atoms with Gasteiger partial charge in [-0.1, -0.05) is 63.3 Å². The lowest BCUT2D eigenvalue weighted by Gasteiger charge is -2.26. The van der Waals surface area contributed by atoms with Gasteiger partial charge >= 0.3 is 6.09 Å². The summed E-state index contributed by atoms with van der Waals surface area (Å²) in [5, 5.41) is 18.8. The number of hydrogen-bond donors (Lipinski definition) is 4. The molecule has 0 aliphatic heterocycles. The van der Waals surface area contributed by atoms with Crippen molar-refractivity contribution in [3.05, 3.63) is 72.2 Å². The molecule has 226 valence electrons. The van der Waals surface area contributed by atoms with E-state index >= 15 is 0 Å². The van der Waals surface area contributed by atoms with Crippen LogP contribution in [0.15, 0.2) is 66.6 Å². The second-order valence-electron chi connectivity index (χ2n) is 10.1. The number of rotatable bonds is 14. The van der Waals surface area contributed by atoms with Crippen molar-refractivity contribution >= 4 is 22.8 Å². The van der Waals surface area contributed by atoms with Crippen LogP contribution < -0.4 is 16.0 Å². The van der Waals surface area contributed by atoms with E-state index in [9.17, 15) is 18.9 Å². The summed E-state index contributed by atoms with van der Waals surface area (Å²) in [7, 11) is 0.282. The average Bonchev–Trinajstić information content (AvgIpc) is 2.87. The van der Waals surface area contributed by atoms with Crippen LogP contribution in [0.25, 0.3) is 0 Å². The van der Waals surface area contributed by atoms with Gasteiger partial charge in [0.05, 0.1) is 17.5 Å². The zero-order chi connectivity index (χ0) is 30.7. The van der Waals surface area contributed by atoms with Gasteiger partial charge in [-0.2, -0.15) is 0 Å². The largest absolute Gasteiger partial charge is 0.489 e. The minimum Gasteiger partial charge on any atom is -0.489 e. The lowest BCUT2D eigenvalue weighted by Crippen LogP contribution is -2.54. The van der Waals surface area contributed by atoms with Gasteiger partial charge in [0.1, 0.15) is 30.1 Å². The summed E-state index contributed by atoms with van der Waals surface area (Å²) in [6, 6.07) is 7.35. The average molecular weight is 580 g/mol. The molecule has 1 rings (SSSR count). The van der Waals surface area contributed by atoms with Crippen molar-refractivity contribution in [1.82, 2.24) is 16.0 Å². The molecule has 0 heterocycles. The van der Waals surface area contributed by atoms with Crippen LogP contribution in [-0.2, 0) is 30.8 Å². The normalized spacial score (nSPS) is 14.8. The first kappa shape index (κ1) is 36.9. The van der Waals surface area contributed by atoms with Gasteiger partial charge in [-0.05, 0) is 52.3 Å². The fourth-order valence-corrected chi connectivity index (χ4v) is 4.37. The van der Waals surface area contributed by atoms with E-state index in [0.29, 0.717) is 11.5 Å². The van der Waals surface area contributed by atoms with E-state index in [0.717, 1.165) is 5.56 Å². The number of likely N-dealkylation sites (N-methyl/N-ethyl adjacent to an activating group) is 1. The van der Waals surface area contributed by atoms with Gasteiger partial charge < -0.3 is 30.5 Å². The first-order chi connectivity index (χ1) is 18.8. The number of allylic oxidation sites excluding steroid dienone is 3. The van der Waals surface area contributed by atoms with Gasteiger partial charge in [0, 0.05) is 23.6 Å². The van der Waals surface area contributed by atoms with Crippen LogP contribution in [0.5, 0.6) is 0 Å². The highest BCUT2D eigenvalue weighted by atomic mass is 32.2. The zero-order valence-electron chi connectivity index (χ0n) is 25.3. The van der Waals surface area contributed by atoms with Crippen molar-refractivity contribution in [2.75, 3.05) is 19.4 Å². The molecular weight excluding hydrogens is 530 g/mol. The minimum atomic E-state index is -1.45. The van der Waals surface area contributed by atoms with Gasteiger partial charge in [-0.25, -0.2) is 4.79 Å². The lowest BCUT2D eigenvalue weighted by molar-refractivity contribution is -0.124. The fraction of sp³-hybridized carbons (Fsp3) is 0.533. The van der Waals surface area contributed by atoms with Gasteiger partial charge in [-0.15, -0.1) is 0 Å². The summed E-state index contributed by atoms with van der Waals surface area (Å²) in [6.45, 7) is 16.4. The van der Waals surface area contributed by atoms with E-state index < -0.39 is 46.6 Å². The van der Waals surface area contributed by atoms with Gasteiger partial charge in [0.15, 0.2) is 0 Å². The molecule has 0 spiro atoms. The molecule has 0 aliphatic rings. The number of amides is 2. The predicted octanol–water partition coefficient (Wildman–Crippen LogP) is 4.32.